The second kappa shape index (κ2) is 8.61. The van der Waals surface area contributed by atoms with Crippen molar-refractivity contribution in [3.05, 3.63) is 71.8 Å². The van der Waals surface area contributed by atoms with E-state index in [4.69, 9.17) is 4.74 Å². The monoisotopic (exact) mass is 452 g/mol. The van der Waals surface area contributed by atoms with E-state index >= 15 is 0 Å². The first-order chi connectivity index (χ1) is 15.9. The van der Waals surface area contributed by atoms with E-state index in [9.17, 15) is 13.2 Å². The molecule has 3 heterocycles. The lowest BCUT2D eigenvalue weighted by atomic mass is 10.0. The minimum atomic E-state index is -4.55. The quantitative estimate of drug-likeness (QED) is 0.429. The lowest BCUT2D eigenvalue weighted by Crippen LogP contribution is -2.35. The summed E-state index contributed by atoms with van der Waals surface area (Å²) in [6, 6.07) is 17.6. The zero-order valence-electron chi connectivity index (χ0n) is 18.1. The summed E-state index contributed by atoms with van der Waals surface area (Å²) >= 11 is 0. The number of rotatable bonds is 4. The zero-order chi connectivity index (χ0) is 23.0. The molecule has 5 rings (SSSR count). The van der Waals surface area contributed by atoms with E-state index in [-0.39, 0.29) is 22.4 Å². The van der Waals surface area contributed by atoms with Crippen molar-refractivity contribution in [2.45, 2.75) is 12.7 Å². The minimum absolute atomic E-state index is 0.0180. The number of pyridine rings is 1. The highest BCUT2D eigenvalue weighted by Crippen LogP contribution is 2.40. The maximum atomic E-state index is 14.2. The number of hydrogen-bond donors (Lipinski definition) is 0. The average molecular weight is 452 g/mol. The Morgan fingerprint density at radius 1 is 0.939 bits per heavy atom. The molecule has 0 N–H and O–H groups in total. The van der Waals surface area contributed by atoms with E-state index in [1.165, 1.54) is 4.68 Å². The van der Waals surface area contributed by atoms with Crippen LogP contribution < -0.4 is 0 Å². The van der Waals surface area contributed by atoms with Crippen molar-refractivity contribution >= 4 is 11.0 Å². The van der Waals surface area contributed by atoms with E-state index in [1.807, 2.05) is 24.3 Å². The third-order valence-corrected chi connectivity index (χ3v) is 5.88. The molecular weight excluding hydrogens is 429 g/mol. The van der Waals surface area contributed by atoms with Gasteiger partial charge in [0, 0.05) is 37.8 Å². The number of alkyl halides is 3. The van der Waals surface area contributed by atoms with Crippen molar-refractivity contribution in [1.82, 2.24) is 19.7 Å². The van der Waals surface area contributed by atoms with E-state index in [1.54, 1.807) is 37.4 Å². The standard InChI is InChI=1S/C25H23F3N4O/c1-31-24-22(23(30-31)18-7-3-2-4-8-18)20(25(26,27)28)15-21(29-24)19-9-5-6-17(14-19)16-32-10-12-33-13-11-32/h2-9,14-15H,10-13,16H2,1H3. The second-order valence-corrected chi connectivity index (χ2v) is 8.18. The minimum Gasteiger partial charge on any atom is -0.379 e. The highest BCUT2D eigenvalue weighted by Gasteiger charge is 2.36. The Kier molecular flexibility index (Phi) is 5.64. The lowest BCUT2D eigenvalue weighted by molar-refractivity contribution is -0.136. The number of benzene rings is 2. The molecule has 1 saturated heterocycles. The van der Waals surface area contributed by atoms with Crippen molar-refractivity contribution in [2.75, 3.05) is 26.3 Å². The van der Waals surface area contributed by atoms with Gasteiger partial charge in [0.15, 0.2) is 5.65 Å². The molecule has 0 spiro atoms. The fraction of sp³-hybridized carbons (Fsp3) is 0.280. The number of nitrogens with zero attached hydrogens (tertiary/aromatic N) is 4. The molecule has 170 valence electrons. The summed E-state index contributed by atoms with van der Waals surface area (Å²) < 4.78 is 49.5. The van der Waals surface area contributed by atoms with Gasteiger partial charge in [-0.05, 0) is 17.7 Å². The molecule has 1 fully saturated rings. The van der Waals surface area contributed by atoms with E-state index in [0.717, 1.165) is 31.3 Å². The SMILES string of the molecule is Cn1nc(-c2ccccc2)c2c(C(F)(F)F)cc(-c3cccc(CN4CCOCC4)c3)nc21. The first kappa shape index (κ1) is 21.6. The van der Waals surface area contributed by atoms with Gasteiger partial charge in [-0.2, -0.15) is 18.3 Å². The molecule has 4 aromatic rings. The van der Waals surface area contributed by atoms with E-state index in [2.05, 4.69) is 15.0 Å². The van der Waals surface area contributed by atoms with Gasteiger partial charge < -0.3 is 4.74 Å². The summed E-state index contributed by atoms with van der Waals surface area (Å²) in [6.45, 7) is 3.78. The van der Waals surface area contributed by atoms with Crippen LogP contribution in [0.5, 0.6) is 0 Å². The Balaban J connectivity index is 1.62. The smallest absolute Gasteiger partial charge is 0.379 e. The van der Waals surface area contributed by atoms with Gasteiger partial charge in [-0.25, -0.2) is 9.67 Å². The summed E-state index contributed by atoms with van der Waals surface area (Å²) in [4.78, 5) is 6.89. The first-order valence-electron chi connectivity index (χ1n) is 10.8. The molecule has 0 saturated carbocycles. The predicted octanol–water partition coefficient (Wildman–Crippen LogP) is 5.15. The lowest BCUT2D eigenvalue weighted by Gasteiger charge is -2.26. The Morgan fingerprint density at radius 3 is 2.39 bits per heavy atom. The molecular formula is C25H23F3N4O. The van der Waals surface area contributed by atoms with Gasteiger partial charge in [-0.1, -0.05) is 48.5 Å². The van der Waals surface area contributed by atoms with Gasteiger partial charge >= 0.3 is 6.18 Å². The van der Waals surface area contributed by atoms with Crippen LogP contribution in [0.1, 0.15) is 11.1 Å². The zero-order valence-corrected chi connectivity index (χ0v) is 18.1. The largest absolute Gasteiger partial charge is 0.417 e. The molecule has 0 radical (unpaired) electrons. The Morgan fingerprint density at radius 2 is 1.67 bits per heavy atom. The molecule has 1 aliphatic heterocycles. The van der Waals surface area contributed by atoms with Crippen LogP contribution in [0.3, 0.4) is 0 Å². The van der Waals surface area contributed by atoms with Crippen LogP contribution in [0.25, 0.3) is 33.5 Å². The number of morpholine rings is 1. The molecule has 0 amide bonds. The third-order valence-electron chi connectivity index (χ3n) is 5.88. The Bertz CT molecular complexity index is 1280. The van der Waals surface area contributed by atoms with Crippen molar-refractivity contribution in [3.63, 3.8) is 0 Å². The van der Waals surface area contributed by atoms with Gasteiger partial charge in [0.1, 0.15) is 5.69 Å². The van der Waals surface area contributed by atoms with Gasteiger partial charge in [-0.3, -0.25) is 4.90 Å². The summed E-state index contributed by atoms with van der Waals surface area (Å²) in [6.07, 6.45) is -4.55. The normalized spacial score (nSPS) is 15.3. The number of ether oxygens (including phenoxy) is 1. The second-order valence-electron chi connectivity index (χ2n) is 8.18. The molecule has 8 heteroatoms. The molecule has 0 aliphatic carbocycles. The highest BCUT2D eigenvalue weighted by molar-refractivity contribution is 5.95. The summed E-state index contributed by atoms with van der Waals surface area (Å²) in [7, 11) is 1.63. The predicted molar refractivity (Wildman–Crippen MR) is 120 cm³/mol. The van der Waals surface area contributed by atoms with Crippen molar-refractivity contribution in [1.29, 1.82) is 0 Å². The van der Waals surface area contributed by atoms with Crippen LogP contribution in [0.4, 0.5) is 13.2 Å². The molecule has 0 bridgehead atoms. The van der Waals surface area contributed by atoms with Crippen molar-refractivity contribution in [2.24, 2.45) is 7.05 Å². The Labute approximate surface area is 189 Å². The number of halogens is 3. The van der Waals surface area contributed by atoms with Gasteiger partial charge in [0.2, 0.25) is 0 Å². The molecule has 2 aromatic carbocycles. The van der Waals surface area contributed by atoms with Crippen LogP contribution in [-0.4, -0.2) is 46.0 Å². The van der Waals surface area contributed by atoms with Gasteiger partial charge in [0.25, 0.3) is 0 Å². The molecule has 0 atom stereocenters. The highest BCUT2D eigenvalue weighted by atomic mass is 19.4. The first-order valence-corrected chi connectivity index (χ1v) is 10.8. The van der Waals surface area contributed by atoms with E-state index in [0.29, 0.717) is 24.3 Å². The third kappa shape index (κ3) is 4.36. The number of hydrogen-bond acceptors (Lipinski definition) is 4. The molecule has 2 aromatic heterocycles. The van der Waals surface area contributed by atoms with Crippen LogP contribution in [0, 0.1) is 0 Å². The number of fused-ring (bicyclic) bond motifs is 1. The number of aromatic nitrogens is 3. The maximum absolute atomic E-state index is 14.2. The summed E-state index contributed by atoms with van der Waals surface area (Å²) in [5.41, 5.74) is 2.33. The maximum Gasteiger partial charge on any atom is 0.417 e. The van der Waals surface area contributed by atoms with Crippen LogP contribution in [0.2, 0.25) is 0 Å². The van der Waals surface area contributed by atoms with Crippen molar-refractivity contribution < 1.29 is 17.9 Å². The number of aryl methyl sites for hydroxylation is 1. The molecule has 5 nitrogen and oxygen atoms in total. The summed E-state index contributed by atoms with van der Waals surface area (Å²) in [5.74, 6) is 0. The summed E-state index contributed by atoms with van der Waals surface area (Å²) in [5, 5.41) is 4.42. The van der Waals surface area contributed by atoms with Crippen LogP contribution in [-0.2, 0) is 24.5 Å². The average Bonchev–Trinajstić information content (AvgIpc) is 3.16. The van der Waals surface area contributed by atoms with E-state index < -0.39 is 11.7 Å². The topological polar surface area (TPSA) is 43.2 Å². The fourth-order valence-electron chi connectivity index (χ4n) is 4.26. The van der Waals surface area contributed by atoms with Crippen molar-refractivity contribution in [3.8, 4) is 22.5 Å². The van der Waals surface area contributed by atoms with Gasteiger partial charge in [-0.15, -0.1) is 0 Å². The van der Waals surface area contributed by atoms with Crippen LogP contribution in [0.15, 0.2) is 60.7 Å². The van der Waals surface area contributed by atoms with Crippen LogP contribution >= 0.6 is 0 Å². The van der Waals surface area contributed by atoms with Gasteiger partial charge in [0.05, 0.1) is 29.9 Å². The fourth-order valence-corrected chi connectivity index (χ4v) is 4.26. The Hall–Kier alpha value is -3.23. The molecule has 33 heavy (non-hydrogen) atoms. The molecule has 0 unspecified atom stereocenters. The molecule has 1 aliphatic rings.